The lowest BCUT2D eigenvalue weighted by Crippen LogP contribution is -2.34. The zero-order valence-corrected chi connectivity index (χ0v) is 13.9. The summed E-state index contributed by atoms with van der Waals surface area (Å²) in [5, 5.41) is 7.99. The molecule has 1 saturated carbocycles. The fraction of sp³-hybridized carbons (Fsp3) is 0.474. The van der Waals surface area contributed by atoms with Gasteiger partial charge in [0.15, 0.2) is 0 Å². The number of hydrogen-bond donors (Lipinski definition) is 1. The van der Waals surface area contributed by atoms with Gasteiger partial charge in [0.1, 0.15) is 5.69 Å². The van der Waals surface area contributed by atoms with Crippen molar-refractivity contribution in [2.24, 2.45) is 0 Å². The normalized spacial score (nSPS) is 20.8. The topological polar surface area (TPSA) is 50.2 Å². The Balaban J connectivity index is 1.49. The second-order valence-corrected chi connectivity index (χ2v) is 6.83. The molecule has 0 radical (unpaired) electrons. The van der Waals surface area contributed by atoms with Crippen molar-refractivity contribution in [3.05, 3.63) is 53.9 Å². The van der Waals surface area contributed by atoms with Gasteiger partial charge in [0.05, 0.1) is 6.04 Å². The zero-order chi connectivity index (χ0) is 16.4. The van der Waals surface area contributed by atoms with Gasteiger partial charge in [-0.1, -0.05) is 30.3 Å². The number of piperidine rings is 1. The first-order valence-electron chi connectivity index (χ1n) is 8.92. The highest BCUT2D eigenvalue weighted by atomic mass is 16.2. The van der Waals surface area contributed by atoms with Crippen molar-refractivity contribution < 1.29 is 4.79 Å². The Bertz CT molecular complexity index is 686. The minimum atomic E-state index is 0.0591. The van der Waals surface area contributed by atoms with Crippen LogP contribution in [-0.2, 0) is 6.54 Å². The first-order chi connectivity index (χ1) is 11.8. The number of aromatic nitrogens is 2. The highest BCUT2D eigenvalue weighted by Crippen LogP contribution is 2.29. The molecular formula is C19H24N4O. The number of nitrogens with one attached hydrogen (secondary N) is 1. The molecule has 126 valence electrons. The molecule has 0 spiro atoms. The first-order valence-corrected chi connectivity index (χ1v) is 8.92. The van der Waals surface area contributed by atoms with Crippen LogP contribution in [0.1, 0.15) is 47.8 Å². The summed E-state index contributed by atoms with van der Waals surface area (Å²) in [4.78, 5) is 14.9. The molecule has 2 aromatic rings. The third kappa shape index (κ3) is 3.36. The second-order valence-electron chi connectivity index (χ2n) is 6.83. The fourth-order valence-electron chi connectivity index (χ4n) is 3.39. The van der Waals surface area contributed by atoms with Gasteiger partial charge in [-0.3, -0.25) is 9.48 Å². The van der Waals surface area contributed by atoms with Gasteiger partial charge in [0.25, 0.3) is 5.91 Å². The van der Waals surface area contributed by atoms with E-state index in [1.807, 2.05) is 40.0 Å². The molecule has 4 rings (SSSR count). The van der Waals surface area contributed by atoms with Crippen molar-refractivity contribution in [1.82, 2.24) is 20.0 Å². The number of benzene rings is 1. The molecule has 24 heavy (non-hydrogen) atoms. The summed E-state index contributed by atoms with van der Waals surface area (Å²) in [6.07, 6.45) is 6.45. The van der Waals surface area contributed by atoms with Crippen molar-refractivity contribution in [3.8, 4) is 0 Å². The van der Waals surface area contributed by atoms with E-state index in [1.54, 1.807) is 0 Å². The Labute approximate surface area is 142 Å². The Kier molecular flexibility index (Phi) is 4.34. The van der Waals surface area contributed by atoms with E-state index in [4.69, 9.17) is 0 Å². The summed E-state index contributed by atoms with van der Waals surface area (Å²) in [5.74, 6) is 0.0591. The van der Waals surface area contributed by atoms with Crippen molar-refractivity contribution in [3.63, 3.8) is 0 Å². The summed E-state index contributed by atoms with van der Waals surface area (Å²) in [6.45, 7) is 2.68. The molecule has 2 aliphatic rings. The predicted molar refractivity (Wildman–Crippen MR) is 92.7 cm³/mol. The summed E-state index contributed by atoms with van der Waals surface area (Å²) in [6, 6.07) is 12.8. The molecule has 1 amide bonds. The molecule has 1 N–H and O–H groups in total. The molecule has 1 saturated heterocycles. The van der Waals surface area contributed by atoms with Crippen molar-refractivity contribution >= 4 is 5.91 Å². The highest BCUT2D eigenvalue weighted by molar-refractivity contribution is 5.92. The second kappa shape index (κ2) is 6.77. The van der Waals surface area contributed by atoms with Crippen molar-refractivity contribution in [1.29, 1.82) is 0 Å². The van der Waals surface area contributed by atoms with Gasteiger partial charge in [0.2, 0.25) is 0 Å². The lowest BCUT2D eigenvalue weighted by molar-refractivity contribution is 0.0722. The number of carbonyl (C=O) groups is 1. The van der Waals surface area contributed by atoms with Gasteiger partial charge < -0.3 is 10.2 Å². The first kappa shape index (κ1) is 15.4. The highest BCUT2D eigenvalue weighted by Gasteiger charge is 2.34. The van der Waals surface area contributed by atoms with Crippen LogP contribution < -0.4 is 5.32 Å². The molecule has 1 aliphatic heterocycles. The van der Waals surface area contributed by atoms with E-state index < -0.39 is 0 Å². The molecular weight excluding hydrogens is 300 g/mol. The van der Waals surface area contributed by atoms with E-state index in [9.17, 15) is 4.79 Å². The van der Waals surface area contributed by atoms with Crippen LogP contribution in [0.3, 0.4) is 0 Å². The summed E-state index contributed by atoms with van der Waals surface area (Å²) >= 11 is 0. The maximum Gasteiger partial charge on any atom is 0.274 e. The van der Waals surface area contributed by atoms with E-state index in [1.165, 1.54) is 5.56 Å². The molecule has 1 unspecified atom stereocenters. The molecule has 2 heterocycles. The zero-order valence-electron chi connectivity index (χ0n) is 13.9. The van der Waals surface area contributed by atoms with Crippen LogP contribution in [0.4, 0.5) is 0 Å². The lowest BCUT2D eigenvalue weighted by atomic mass is 10.1. The molecule has 2 fully saturated rings. The monoisotopic (exact) mass is 324 g/mol. The summed E-state index contributed by atoms with van der Waals surface area (Å²) in [7, 11) is 0. The molecule has 0 bridgehead atoms. The van der Waals surface area contributed by atoms with Crippen LogP contribution in [0.5, 0.6) is 0 Å². The average Bonchev–Trinajstić information content (AvgIpc) is 3.36. The summed E-state index contributed by atoms with van der Waals surface area (Å²) < 4.78 is 1.97. The largest absolute Gasteiger partial charge is 0.330 e. The number of carbonyl (C=O) groups excluding carboxylic acids is 1. The Morgan fingerprint density at radius 3 is 2.75 bits per heavy atom. The maximum absolute atomic E-state index is 13.0. The average molecular weight is 324 g/mol. The number of rotatable bonds is 5. The van der Waals surface area contributed by atoms with Crippen LogP contribution in [0.25, 0.3) is 0 Å². The SMILES string of the molecule is O=C(c1ccn(C2CCCNC2)n1)N(Cc1ccccc1)C1CC1. The Hall–Kier alpha value is -2.14. The fourth-order valence-corrected chi connectivity index (χ4v) is 3.39. The number of amides is 1. The van der Waals surface area contributed by atoms with E-state index in [2.05, 4.69) is 22.5 Å². The molecule has 5 heteroatoms. The van der Waals surface area contributed by atoms with Gasteiger partial charge in [-0.15, -0.1) is 0 Å². The standard InChI is InChI=1S/C19H24N4O/c24-19(18-10-12-23(21-18)17-7-4-11-20-13-17)22(16-8-9-16)14-15-5-2-1-3-6-15/h1-3,5-6,10,12,16-17,20H,4,7-9,11,13-14H2. The van der Waals surface area contributed by atoms with Crippen molar-refractivity contribution in [2.45, 2.75) is 44.3 Å². The van der Waals surface area contributed by atoms with Crippen LogP contribution in [-0.4, -0.2) is 39.7 Å². The van der Waals surface area contributed by atoms with Crippen LogP contribution in [0.2, 0.25) is 0 Å². The number of hydrogen-bond acceptors (Lipinski definition) is 3. The lowest BCUT2D eigenvalue weighted by Gasteiger charge is -2.23. The van der Waals surface area contributed by atoms with E-state index in [-0.39, 0.29) is 5.91 Å². The van der Waals surface area contributed by atoms with Crippen LogP contribution in [0.15, 0.2) is 42.6 Å². The van der Waals surface area contributed by atoms with E-state index in [0.717, 1.165) is 38.8 Å². The number of nitrogens with zero attached hydrogens (tertiary/aromatic N) is 3. The van der Waals surface area contributed by atoms with Gasteiger partial charge >= 0.3 is 0 Å². The Morgan fingerprint density at radius 1 is 1.21 bits per heavy atom. The minimum absolute atomic E-state index is 0.0591. The van der Waals surface area contributed by atoms with Gasteiger partial charge in [0, 0.05) is 25.3 Å². The molecule has 1 aromatic heterocycles. The van der Waals surface area contributed by atoms with Crippen LogP contribution >= 0.6 is 0 Å². The Morgan fingerprint density at radius 2 is 2.04 bits per heavy atom. The minimum Gasteiger partial charge on any atom is -0.330 e. The van der Waals surface area contributed by atoms with E-state index >= 15 is 0 Å². The quantitative estimate of drug-likeness (QED) is 0.920. The smallest absolute Gasteiger partial charge is 0.274 e. The summed E-state index contributed by atoms with van der Waals surface area (Å²) in [5.41, 5.74) is 1.75. The third-order valence-corrected chi connectivity index (χ3v) is 4.92. The maximum atomic E-state index is 13.0. The molecule has 1 aliphatic carbocycles. The molecule has 1 aromatic carbocycles. The van der Waals surface area contributed by atoms with Gasteiger partial charge in [-0.05, 0) is 43.9 Å². The van der Waals surface area contributed by atoms with Crippen LogP contribution in [0, 0.1) is 0 Å². The van der Waals surface area contributed by atoms with E-state index in [0.29, 0.717) is 24.3 Å². The third-order valence-electron chi connectivity index (χ3n) is 4.92. The molecule has 1 atom stereocenters. The van der Waals surface area contributed by atoms with Crippen molar-refractivity contribution in [2.75, 3.05) is 13.1 Å². The predicted octanol–water partition coefficient (Wildman–Crippen LogP) is 2.61. The van der Waals surface area contributed by atoms with Gasteiger partial charge in [-0.2, -0.15) is 5.10 Å². The van der Waals surface area contributed by atoms with Gasteiger partial charge in [-0.25, -0.2) is 0 Å². The molecule has 5 nitrogen and oxygen atoms in total.